The van der Waals surface area contributed by atoms with E-state index in [-0.39, 0.29) is 0 Å². The molecule has 0 spiro atoms. The quantitative estimate of drug-likeness (QED) is 0.570. The average molecular weight is 347 g/mol. The second kappa shape index (κ2) is 8.75. The molecule has 0 aliphatic heterocycles. The summed E-state index contributed by atoms with van der Waals surface area (Å²) >= 11 is 2.30. The van der Waals surface area contributed by atoms with Crippen LogP contribution >= 0.6 is 22.6 Å². The fraction of sp³-hybridized carbons (Fsp3) is 0.571. The van der Waals surface area contributed by atoms with Crippen molar-refractivity contribution < 1.29 is 4.74 Å². The van der Waals surface area contributed by atoms with E-state index in [1.54, 1.807) is 0 Å². The van der Waals surface area contributed by atoms with Gasteiger partial charge in [0.25, 0.3) is 0 Å². The normalized spacial score (nSPS) is 10.8. The average Bonchev–Trinajstić information content (AvgIpc) is 2.27. The van der Waals surface area contributed by atoms with Crippen LogP contribution in [-0.2, 0) is 0 Å². The molecule has 1 aromatic carbocycles. The zero-order valence-electron chi connectivity index (χ0n) is 10.7. The van der Waals surface area contributed by atoms with Crippen molar-refractivity contribution in [1.29, 1.82) is 0 Å². The molecule has 0 saturated heterocycles. The number of benzene rings is 1. The van der Waals surface area contributed by atoms with Crippen LogP contribution in [0, 0.1) is 3.57 Å². The Hall–Kier alpha value is -0.290. The van der Waals surface area contributed by atoms with E-state index in [0.29, 0.717) is 6.04 Å². The van der Waals surface area contributed by atoms with Crippen molar-refractivity contribution in [2.75, 3.05) is 13.2 Å². The third-order valence-electron chi connectivity index (χ3n) is 2.44. The fourth-order valence-electron chi connectivity index (χ4n) is 1.54. The first-order valence-corrected chi connectivity index (χ1v) is 7.38. The molecule has 0 radical (unpaired) electrons. The van der Waals surface area contributed by atoms with Crippen LogP contribution in [0.5, 0.6) is 5.75 Å². The molecule has 0 fully saturated rings. The van der Waals surface area contributed by atoms with Crippen molar-refractivity contribution >= 4 is 22.6 Å². The number of halogens is 1. The van der Waals surface area contributed by atoms with Gasteiger partial charge in [0.05, 0.1) is 6.61 Å². The lowest BCUT2D eigenvalue weighted by Crippen LogP contribution is -2.23. The molecule has 0 amide bonds. The SMILES string of the molecule is CC(C)NCCCCCOc1cccc(I)c1. The summed E-state index contributed by atoms with van der Waals surface area (Å²) in [4.78, 5) is 0. The minimum Gasteiger partial charge on any atom is -0.494 e. The zero-order chi connectivity index (χ0) is 12.5. The lowest BCUT2D eigenvalue weighted by Gasteiger charge is -2.08. The lowest BCUT2D eigenvalue weighted by atomic mass is 10.2. The second-order valence-electron chi connectivity index (χ2n) is 4.48. The van der Waals surface area contributed by atoms with Gasteiger partial charge in [0, 0.05) is 9.61 Å². The Bertz CT molecular complexity index is 315. The van der Waals surface area contributed by atoms with Gasteiger partial charge >= 0.3 is 0 Å². The summed E-state index contributed by atoms with van der Waals surface area (Å²) in [6.07, 6.45) is 3.59. The van der Waals surface area contributed by atoms with Gasteiger partial charge in [-0.1, -0.05) is 19.9 Å². The monoisotopic (exact) mass is 347 g/mol. The molecule has 1 aromatic rings. The number of rotatable bonds is 8. The van der Waals surface area contributed by atoms with Gasteiger partial charge in [-0.25, -0.2) is 0 Å². The number of ether oxygens (including phenoxy) is 1. The van der Waals surface area contributed by atoms with E-state index in [0.717, 1.165) is 25.3 Å². The van der Waals surface area contributed by atoms with Crippen molar-refractivity contribution in [2.45, 2.75) is 39.2 Å². The van der Waals surface area contributed by atoms with Gasteiger partial charge in [-0.2, -0.15) is 0 Å². The fourth-order valence-corrected chi connectivity index (χ4v) is 2.06. The molecule has 3 heteroatoms. The van der Waals surface area contributed by atoms with Gasteiger partial charge in [-0.15, -0.1) is 0 Å². The minimum absolute atomic E-state index is 0.595. The molecule has 0 saturated carbocycles. The summed E-state index contributed by atoms with van der Waals surface area (Å²) in [5.41, 5.74) is 0. The predicted octanol–water partition coefficient (Wildman–Crippen LogP) is 3.84. The van der Waals surface area contributed by atoms with Gasteiger partial charge in [0.2, 0.25) is 0 Å². The molecule has 1 N–H and O–H groups in total. The van der Waals surface area contributed by atoms with E-state index < -0.39 is 0 Å². The van der Waals surface area contributed by atoms with E-state index in [9.17, 15) is 0 Å². The van der Waals surface area contributed by atoms with E-state index in [4.69, 9.17) is 4.74 Å². The minimum atomic E-state index is 0.595. The molecule has 0 heterocycles. The van der Waals surface area contributed by atoms with Gasteiger partial charge in [-0.05, 0) is 66.6 Å². The van der Waals surface area contributed by atoms with Crippen LogP contribution in [0.3, 0.4) is 0 Å². The molecule has 0 aliphatic carbocycles. The number of hydrogen-bond donors (Lipinski definition) is 1. The highest BCUT2D eigenvalue weighted by Gasteiger charge is 1.95. The van der Waals surface area contributed by atoms with Crippen molar-refractivity contribution in [3.8, 4) is 5.75 Å². The van der Waals surface area contributed by atoms with E-state index in [1.807, 2.05) is 12.1 Å². The Kier molecular flexibility index (Phi) is 7.60. The van der Waals surface area contributed by atoms with Crippen LogP contribution in [0.15, 0.2) is 24.3 Å². The summed E-state index contributed by atoms with van der Waals surface area (Å²) in [6.45, 7) is 6.29. The Morgan fingerprint density at radius 2 is 2.06 bits per heavy atom. The third kappa shape index (κ3) is 7.60. The van der Waals surface area contributed by atoms with Crippen LogP contribution < -0.4 is 10.1 Å². The topological polar surface area (TPSA) is 21.3 Å². The molecule has 2 nitrogen and oxygen atoms in total. The van der Waals surface area contributed by atoms with E-state index in [1.165, 1.54) is 16.4 Å². The molecule has 0 aliphatic rings. The zero-order valence-corrected chi connectivity index (χ0v) is 12.9. The number of unbranched alkanes of at least 4 members (excludes halogenated alkanes) is 2. The van der Waals surface area contributed by atoms with Gasteiger partial charge < -0.3 is 10.1 Å². The largest absolute Gasteiger partial charge is 0.494 e. The smallest absolute Gasteiger partial charge is 0.120 e. The van der Waals surface area contributed by atoms with Crippen molar-refractivity contribution in [2.24, 2.45) is 0 Å². The predicted molar refractivity (Wildman–Crippen MR) is 81.6 cm³/mol. The molecular weight excluding hydrogens is 325 g/mol. The molecule has 0 atom stereocenters. The van der Waals surface area contributed by atoms with Crippen molar-refractivity contribution in [1.82, 2.24) is 5.32 Å². The first-order valence-electron chi connectivity index (χ1n) is 6.30. The molecule has 0 aromatic heterocycles. The molecule has 1 rings (SSSR count). The summed E-state index contributed by atoms with van der Waals surface area (Å²) in [7, 11) is 0. The Labute approximate surface area is 118 Å². The van der Waals surface area contributed by atoms with Gasteiger partial charge in [0.1, 0.15) is 5.75 Å². The van der Waals surface area contributed by atoms with Gasteiger partial charge in [-0.3, -0.25) is 0 Å². The highest BCUT2D eigenvalue weighted by Crippen LogP contribution is 2.15. The summed E-state index contributed by atoms with van der Waals surface area (Å²) < 4.78 is 6.91. The van der Waals surface area contributed by atoms with Crippen molar-refractivity contribution in [3.05, 3.63) is 27.8 Å². The van der Waals surface area contributed by atoms with E-state index in [2.05, 4.69) is 53.9 Å². The number of hydrogen-bond acceptors (Lipinski definition) is 2. The highest BCUT2D eigenvalue weighted by atomic mass is 127. The summed E-state index contributed by atoms with van der Waals surface area (Å²) in [6, 6.07) is 8.79. The summed E-state index contributed by atoms with van der Waals surface area (Å²) in [5.74, 6) is 0.984. The molecule has 17 heavy (non-hydrogen) atoms. The first kappa shape index (κ1) is 14.8. The van der Waals surface area contributed by atoms with Gasteiger partial charge in [0.15, 0.2) is 0 Å². The van der Waals surface area contributed by atoms with Crippen LogP contribution in [0.1, 0.15) is 33.1 Å². The Morgan fingerprint density at radius 3 is 2.76 bits per heavy atom. The van der Waals surface area contributed by atoms with E-state index >= 15 is 0 Å². The van der Waals surface area contributed by atoms with Crippen molar-refractivity contribution in [3.63, 3.8) is 0 Å². The maximum absolute atomic E-state index is 5.69. The molecule has 0 unspecified atom stereocenters. The molecule has 96 valence electrons. The maximum Gasteiger partial charge on any atom is 0.120 e. The third-order valence-corrected chi connectivity index (χ3v) is 3.11. The van der Waals surface area contributed by atoms with Crippen LogP contribution in [-0.4, -0.2) is 19.2 Å². The molecule has 0 bridgehead atoms. The number of nitrogens with one attached hydrogen (secondary N) is 1. The summed E-state index contributed by atoms with van der Waals surface area (Å²) in [5, 5.41) is 3.42. The lowest BCUT2D eigenvalue weighted by molar-refractivity contribution is 0.304. The Morgan fingerprint density at radius 1 is 1.24 bits per heavy atom. The highest BCUT2D eigenvalue weighted by molar-refractivity contribution is 14.1. The van der Waals surface area contributed by atoms with Crippen LogP contribution in [0.25, 0.3) is 0 Å². The maximum atomic E-state index is 5.69. The first-order chi connectivity index (χ1) is 8.18. The van der Waals surface area contributed by atoms with Crippen LogP contribution in [0.4, 0.5) is 0 Å². The van der Waals surface area contributed by atoms with Crippen LogP contribution in [0.2, 0.25) is 0 Å². The standard InChI is InChI=1S/C14H22INO/c1-12(2)16-9-4-3-5-10-17-14-8-6-7-13(15)11-14/h6-8,11-12,16H,3-5,9-10H2,1-2H3. The molecular formula is C14H22INO. The Balaban J connectivity index is 2.01. The second-order valence-corrected chi connectivity index (χ2v) is 5.72.